The van der Waals surface area contributed by atoms with E-state index < -0.39 is 10.0 Å². The zero-order valence-electron chi connectivity index (χ0n) is 19.0. The quantitative estimate of drug-likeness (QED) is 0.441. The van der Waals surface area contributed by atoms with E-state index in [0.29, 0.717) is 37.5 Å². The second-order valence-corrected chi connectivity index (χ2v) is 10.3. The predicted molar refractivity (Wildman–Crippen MR) is 131 cm³/mol. The van der Waals surface area contributed by atoms with Gasteiger partial charge < -0.3 is 9.64 Å². The van der Waals surface area contributed by atoms with E-state index in [-0.39, 0.29) is 4.90 Å². The molecule has 4 aromatic rings. The van der Waals surface area contributed by atoms with Crippen LogP contribution in [0, 0.1) is 25.2 Å². The van der Waals surface area contributed by atoms with Gasteiger partial charge >= 0.3 is 0 Å². The molecule has 2 aromatic carbocycles. The van der Waals surface area contributed by atoms with E-state index in [2.05, 4.69) is 16.0 Å². The van der Waals surface area contributed by atoms with E-state index in [9.17, 15) is 13.7 Å². The monoisotopic (exact) mass is 472 g/mol. The normalized spacial score (nSPS) is 14.3. The number of nitriles is 1. The van der Waals surface area contributed by atoms with E-state index in [0.717, 1.165) is 33.3 Å². The lowest BCUT2D eigenvalue weighted by Crippen LogP contribution is -2.36. The van der Waals surface area contributed by atoms with E-state index >= 15 is 0 Å². The first-order valence-electron chi connectivity index (χ1n) is 11.1. The summed E-state index contributed by atoms with van der Waals surface area (Å²) in [6.45, 7) is 6.51. The molecule has 34 heavy (non-hydrogen) atoms. The second-order valence-electron chi connectivity index (χ2n) is 8.44. The van der Waals surface area contributed by atoms with Crippen molar-refractivity contribution in [2.45, 2.75) is 18.7 Å². The lowest BCUT2D eigenvalue weighted by atomic mass is 10.0. The van der Waals surface area contributed by atoms with Crippen molar-refractivity contribution in [1.82, 2.24) is 8.96 Å². The van der Waals surface area contributed by atoms with Crippen molar-refractivity contribution in [3.63, 3.8) is 0 Å². The summed E-state index contributed by atoms with van der Waals surface area (Å²) >= 11 is 0. The van der Waals surface area contributed by atoms with Crippen LogP contribution in [-0.2, 0) is 14.8 Å². The molecule has 0 bridgehead atoms. The lowest BCUT2D eigenvalue weighted by Gasteiger charge is -2.31. The van der Waals surface area contributed by atoms with Crippen LogP contribution in [0.2, 0.25) is 0 Å². The van der Waals surface area contributed by atoms with Gasteiger partial charge in [-0.3, -0.25) is 0 Å². The highest BCUT2D eigenvalue weighted by Gasteiger charge is 2.27. The topological polar surface area (TPSA) is 88.2 Å². The Kier molecular flexibility index (Phi) is 5.60. The minimum Gasteiger partial charge on any atom is -0.378 e. The molecule has 0 N–H and O–H groups in total. The maximum atomic E-state index is 13.7. The smallest absolute Gasteiger partial charge is 0.269 e. The van der Waals surface area contributed by atoms with Crippen LogP contribution < -0.4 is 4.90 Å². The third-order valence-electron chi connectivity index (χ3n) is 6.15. The molecular formula is C26H24N4O3S. The van der Waals surface area contributed by atoms with Gasteiger partial charge in [0.15, 0.2) is 5.65 Å². The number of anilines is 1. The van der Waals surface area contributed by atoms with Crippen LogP contribution in [0.5, 0.6) is 0 Å². The zero-order chi connectivity index (χ0) is 23.9. The molecule has 3 heterocycles. The van der Waals surface area contributed by atoms with Gasteiger partial charge in [-0.25, -0.2) is 17.4 Å². The second kappa shape index (κ2) is 8.60. The lowest BCUT2D eigenvalue weighted by molar-refractivity contribution is 0.123. The van der Waals surface area contributed by atoms with Crippen molar-refractivity contribution in [1.29, 1.82) is 5.26 Å². The number of aryl methyl sites for hydroxylation is 2. The van der Waals surface area contributed by atoms with Crippen LogP contribution in [0.15, 0.2) is 65.8 Å². The molecule has 0 spiro atoms. The largest absolute Gasteiger partial charge is 0.378 e. The van der Waals surface area contributed by atoms with Gasteiger partial charge in [-0.2, -0.15) is 5.26 Å². The molecule has 8 heteroatoms. The van der Waals surface area contributed by atoms with Crippen LogP contribution in [0.25, 0.3) is 22.2 Å². The van der Waals surface area contributed by atoms with Gasteiger partial charge in [-0.15, -0.1) is 0 Å². The highest BCUT2D eigenvalue weighted by molar-refractivity contribution is 7.90. The molecule has 5 rings (SSSR count). The summed E-state index contributed by atoms with van der Waals surface area (Å²) < 4.78 is 34.3. The van der Waals surface area contributed by atoms with Gasteiger partial charge in [0.05, 0.1) is 40.8 Å². The number of nitrogens with zero attached hydrogens (tertiary/aromatic N) is 4. The average Bonchev–Trinajstić information content (AvgIpc) is 3.25. The number of hydrogen-bond donors (Lipinski definition) is 0. The fourth-order valence-corrected chi connectivity index (χ4v) is 5.74. The zero-order valence-corrected chi connectivity index (χ0v) is 19.8. The van der Waals surface area contributed by atoms with Crippen molar-refractivity contribution in [3.8, 4) is 17.2 Å². The Bertz CT molecular complexity index is 1530. The SMILES string of the molecule is Cc1ccc(S(=O)(=O)n2cc(-c3cccc(C#N)c3)c3c(N4CCOCC4)c(C)cnc32)cc1. The third kappa shape index (κ3) is 3.73. The van der Waals surface area contributed by atoms with Crippen molar-refractivity contribution >= 4 is 26.7 Å². The first-order valence-corrected chi connectivity index (χ1v) is 12.5. The number of fused-ring (bicyclic) bond motifs is 1. The van der Waals surface area contributed by atoms with Gasteiger partial charge in [0, 0.05) is 31.0 Å². The van der Waals surface area contributed by atoms with Crippen molar-refractivity contribution < 1.29 is 13.2 Å². The van der Waals surface area contributed by atoms with E-state index in [1.807, 2.05) is 26.0 Å². The van der Waals surface area contributed by atoms with Crippen LogP contribution in [0.4, 0.5) is 5.69 Å². The fraction of sp³-hybridized carbons (Fsp3) is 0.231. The summed E-state index contributed by atoms with van der Waals surface area (Å²) in [4.78, 5) is 7.02. The Morgan fingerprint density at radius 1 is 1.06 bits per heavy atom. The summed E-state index contributed by atoms with van der Waals surface area (Å²) in [6, 6.07) is 16.2. The summed E-state index contributed by atoms with van der Waals surface area (Å²) in [7, 11) is -3.90. The Morgan fingerprint density at radius 2 is 1.79 bits per heavy atom. The van der Waals surface area contributed by atoms with Crippen LogP contribution in [0.3, 0.4) is 0 Å². The third-order valence-corrected chi connectivity index (χ3v) is 7.81. The van der Waals surface area contributed by atoms with E-state index in [1.165, 1.54) is 3.97 Å². The molecule has 0 aliphatic carbocycles. The van der Waals surface area contributed by atoms with Crippen LogP contribution in [-0.4, -0.2) is 43.7 Å². The highest BCUT2D eigenvalue weighted by atomic mass is 32.2. The fourth-order valence-electron chi connectivity index (χ4n) is 4.42. The Balaban J connectivity index is 1.83. The summed E-state index contributed by atoms with van der Waals surface area (Å²) in [6.07, 6.45) is 3.36. The van der Waals surface area contributed by atoms with Gasteiger partial charge in [0.2, 0.25) is 0 Å². The number of aromatic nitrogens is 2. The summed E-state index contributed by atoms with van der Waals surface area (Å²) in [5.74, 6) is 0. The Hall–Kier alpha value is -3.67. The Labute approximate surface area is 198 Å². The van der Waals surface area contributed by atoms with Gasteiger partial charge in [-0.05, 0) is 49.2 Å². The molecule has 0 radical (unpaired) electrons. The van der Waals surface area contributed by atoms with Crippen molar-refractivity contribution in [2.75, 3.05) is 31.2 Å². The summed E-state index contributed by atoms with van der Waals surface area (Å²) in [5.41, 5.74) is 5.25. The maximum Gasteiger partial charge on any atom is 0.269 e. The van der Waals surface area contributed by atoms with E-state index in [4.69, 9.17) is 4.74 Å². The standard InChI is InChI=1S/C26H24N4O3S/c1-18-6-8-22(9-7-18)34(31,32)30-17-23(21-5-3-4-20(14-21)15-27)24-25(19(2)16-28-26(24)30)29-10-12-33-13-11-29/h3-9,14,16-17H,10-13H2,1-2H3. The first-order chi connectivity index (χ1) is 16.4. The molecule has 1 saturated heterocycles. The van der Waals surface area contributed by atoms with Gasteiger partial charge in [0.25, 0.3) is 10.0 Å². The molecule has 0 unspecified atom stereocenters. The maximum absolute atomic E-state index is 13.7. The van der Waals surface area contributed by atoms with Gasteiger partial charge in [-0.1, -0.05) is 29.8 Å². The molecular weight excluding hydrogens is 448 g/mol. The molecule has 2 aromatic heterocycles. The van der Waals surface area contributed by atoms with Crippen molar-refractivity contribution in [3.05, 3.63) is 77.6 Å². The minimum absolute atomic E-state index is 0.197. The first kappa shape index (κ1) is 22.1. The van der Waals surface area contributed by atoms with E-state index in [1.54, 1.807) is 48.8 Å². The number of ether oxygens (including phenoxy) is 1. The number of pyridine rings is 1. The molecule has 0 amide bonds. The average molecular weight is 473 g/mol. The summed E-state index contributed by atoms with van der Waals surface area (Å²) in [5, 5.41) is 10.2. The van der Waals surface area contributed by atoms with Crippen LogP contribution in [0.1, 0.15) is 16.7 Å². The molecule has 0 saturated carbocycles. The van der Waals surface area contributed by atoms with Crippen LogP contribution >= 0.6 is 0 Å². The Morgan fingerprint density at radius 3 is 2.50 bits per heavy atom. The van der Waals surface area contributed by atoms with Gasteiger partial charge in [0.1, 0.15) is 0 Å². The minimum atomic E-state index is -3.90. The number of hydrogen-bond acceptors (Lipinski definition) is 6. The molecule has 1 aliphatic rings. The predicted octanol–water partition coefficient (Wildman–Crippen LogP) is 4.27. The molecule has 1 aliphatic heterocycles. The molecule has 7 nitrogen and oxygen atoms in total. The van der Waals surface area contributed by atoms with Crippen molar-refractivity contribution in [2.24, 2.45) is 0 Å². The number of benzene rings is 2. The number of morpholine rings is 1. The molecule has 1 fully saturated rings. The molecule has 172 valence electrons. The highest BCUT2D eigenvalue weighted by Crippen LogP contribution is 2.40. The number of rotatable bonds is 4. The molecule has 0 atom stereocenters.